The molecule has 0 radical (unpaired) electrons. The Bertz CT molecular complexity index is 69.7. The van der Waals surface area contributed by atoms with Crippen molar-refractivity contribution in [2.75, 3.05) is 18.4 Å². The van der Waals surface area contributed by atoms with Gasteiger partial charge in [-0.15, -0.1) is 17.0 Å². The molecular weight excluding hydrogens is 258 g/mol. The molecule has 0 amide bonds. The molecule has 0 aromatic heterocycles. The van der Waals surface area contributed by atoms with Crippen molar-refractivity contribution in [1.29, 1.82) is 0 Å². The summed E-state index contributed by atoms with van der Waals surface area (Å²) in [4.78, 5) is 2.53. The highest BCUT2D eigenvalue weighted by Gasteiger charge is 2.34. The van der Waals surface area contributed by atoms with E-state index in [-0.39, 0.29) is 17.0 Å². The highest BCUT2D eigenvalue weighted by Crippen LogP contribution is 2.28. The van der Waals surface area contributed by atoms with E-state index in [2.05, 4.69) is 20.8 Å². The molecule has 2 saturated heterocycles. The van der Waals surface area contributed by atoms with Gasteiger partial charge in [0.25, 0.3) is 0 Å². The summed E-state index contributed by atoms with van der Waals surface area (Å²) >= 11 is 3.15. The maximum Gasteiger partial charge on any atom is 0.0120 e. The zero-order chi connectivity index (χ0) is 6.69. The van der Waals surface area contributed by atoms with Crippen LogP contribution in [0.25, 0.3) is 0 Å². The van der Waals surface area contributed by atoms with Gasteiger partial charge in [-0.1, -0.05) is 22.9 Å². The SMILES string of the molecule is Br.C1CN2CCC12.CCBr. The van der Waals surface area contributed by atoms with Crippen molar-refractivity contribution < 1.29 is 0 Å². The minimum Gasteiger partial charge on any atom is -0.300 e. The number of halogens is 2. The Morgan fingerprint density at radius 3 is 1.70 bits per heavy atom. The second-order valence-corrected chi connectivity index (χ2v) is 3.66. The average molecular weight is 273 g/mol. The molecule has 0 bridgehead atoms. The lowest BCUT2D eigenvalue weighted by Crippen LogP contribution is -2.57. The van der Waals surface area contributed by atoms with Crippen LogP contribution in [0.5, 0.6) is 0 Å². The lowest BCUT2D eigenvalue weighted by molar-refractivity contribution is -0.00222. The van der Waals surface area contributed by atoms with E-state index in [1.54, 1.807) is 0 Å². The fourth-order valence-corrected chi connectivity index (χ4v) is 1.24. The topological polar surface area (TPSA) is 3.24 Å². The van der Waals surface area contributed by atoms with Crippen molar-refractivity contribution >= 4 is 32.9 Å². The highest BCUT2D eigenvalue weighted by atomic mass is 79.9. The summed E-state index contributed by atoms with van der Waals surface area (Å²) in [5, 5.41) is 1.06. The fraction of sp³-hybridized carbons (Fsp3) is 1.00. The minimum atomic E-state index is 0. The molecule has 0 saturated carbocycles. The zero-order valence-corrected chi connectivity index (χ0v) is 9.65. The van der Waals surface area contributed by atoms with Crippen LogP contribution in [0, 0.1) is 0 Å². The van der Waals surface area contributed by atoms with Gasteiger partial charge in [0.1, 0.15) is 0 Å². The summed E-state index contributed by atoms with van der Waals surface area (Å²) in [6.07, 6.45) is 2.97. The van der Waals surface area contributed by atoms with Gasteiger partial charge in [-0.3, -0.25) is 0 Å². The molecule has 62 valence electrons. The van der Waals surface area contributed by atoms with Crippen LogP contribution in [-0.4, -0.2) is 29.4 Å². The van der Waals surface area contributed by atoms with Crippen molar-refractivity contribution in [2.24, 2.45) is 0 Å². The molecule has 0 atom stereocenters. The van der Waals surface area contributed by atoms with Crippen molar-refractivity contribution in [3.8, 4) is 0 Å². The maximum atomic E-state index is 3.15. The van der Waals surface area contributed by atoms with E-state index < -0.39 is 0 Å². The first-order valence-electron chi connectivity index (χ1n) is 3.68. The molecule has 0 aromatic carbocycles. The Hall–Kier alpha value is 0.920. The van der Waals surface area contributed by atoms with Crippen LogP contribution in [0.2, 0.25) is 0 Å². The Morgan fingerprint density at radius 2 is 1.70 bits per heavy atom. The van der Waals surface area contributed by atoms with Crippen LogP contribution in [0.15, 0.2) is 0 Å². The van der Waals surface area contributed by atoms with E-state index in [1.165, 1.54) is 25.9 Å². The third kappa shape index (κ3) is 2.51. The van der Waals surface area contributed by atoms with Crippen molar-refractivity contribution in [3.63, 3.8) is 0 Å². The minimum absolute atomic E-state index is 0. The summed E-state index contributed by atoms with van der Waals surface area (Å²) in [5.41, 5.74) is 0. The summed E-state index contributed by atoms with van der Waals surface area (Å²) in [6, 6.07) is 1.05. The highest BCUT2D eigenvalue weighted by molar-refractivity contribution is 9.09. The van der Waals surface area contributed by atoms with Crippen LogP contribution in [-0.2, 0) is 0 Å². The molecule has 2 aliphatic rings. The van der Waals surface area contributed by atoms with Gasteiger partial charge in [0.2, 0.25) is 0 Å². The summed E-state index contributed by atoms with van der Waals surface area (Å²) in [5.74, 6) is 0. The second kappa shape index (κ2) is 5.56. The standard InChI is InChI=1S/C5H9N.C2H5Br.BrH/c1-3-6-4-2-5(1)6;1-2-3;/h5H,1-4H2;2H2,1H3;1H. The Kier molecular flexibility index (Phi) is 6.07. The molecular formula is C7H15Br2N. The third-order valence-electron chi connectivity index (χ3n) is 2.02. The maximum absolute atomic E-state index is 3.15. The Morgan fingerprint density at radius 1 is 1.40 bits per heavy atom. The molecule has 0 N–H and O–H groups in total. The smallest absolute Gasteiger partial charge is 0.0120 e. The van der Waals surface area contributed by atoms with E-state index >= 15 is 0 Å². The first-order chi connectivity index (χ1) is 4.38. The molecule has 0 unspecified atom stereocenters. The summed E-state index contributed by atoms with van der Waals surface area (Å²) < 4.78 is 0. The van der Waals surface area contributed by atoms with Crippen molar-refractivity contribution in [3.05, 3.63) is 0 Å². The molecule has 1 nitrogen and oxygen atoms in total. The van der Waals surface area contributed by atoms with E-state index in [4.69, 9.17) is 0 Å². The summed E-state index contributed by atoms with van der Waals surface area (Å²) in [6.45, 7) is 4.83. The molecule has 0 aliphatic carbocycles. The molecule has 2 heterocycles. The van der Waals surface area contributed by atoms with Crippen molar-refractivity contribution in [1.82, 2.24) is 4.90 Å². The normalized spacial score (nSPS) is 22.2. The average Bonchev–Trinajstić information content (AvgIpc) is 1.81. The predicted molar refractivity (Wildman–Crippen MR) is 54.4 cm³/mol. The number of piperidine rings is 1. The first kappa shape index (κ1) is 10.9. The summed E-state index contributed by atoms with van der Waals surface area (Å²) in [7, 11) is 0. The monoisotopic (exact) mass is 271 g/mol. The van der Waals surface area contributed by atoms with Crippen LogP contribution in [0.1, 0.15) is 19.8 Å². The van der Waals surface area contributed by atoms with Crippen molar-refractivity contribution in [2.45, 2.75) is 25.8 Å². The Labute approximate surface area is 82.1 Å². The third-order valence-corrected chi connectivity index (χ3v) is 2.02. The van der Waals surface area contributed by atoms with Gasteiger partial charge in [0.05, 0.1) is 0 Å². The van der Waals surface area contributed by atoms with Gasteiger partial charge < -0.3 is 4.90 Å². The van der Waals surface area contributed by atoms with E-state index in [0.29, 0.717) is 0 Å². The van der Waals surface area contributed by atoms with E-state index in [0.717, 1.165) is 11.4 Å². The molecule has 3 heteroatoms. The first-order valence-corrected chi connectivity index (χ1v) is 4.80. The molecule has 0 spiro atoms. The van der Waals surface area contributed by atoms with Gasteiger partial charge in [0.15, 0.2) is 0 Å². The van der Waals surface area contributed by atoms with Gasteiger partial charge in [-0.25, -0.2) is 0 Å². The van der Waals surface area contributed by atoms with Gasteiger partial charge >= 0.3 is 0 Å². The van der Waals surface area contributed by atoms with E-state index in [9.17, 15) is 0 Å². The molecule has 2 aliphatic heterocycles. The lowest BCUT2D eigenvalue weighted by Gasteiger charge is -2.50. The van der Waals surface area contributed by atoms with Crippen LogP contribution in [0.4, 0.5) is 0 Å². The molecule has 2 fully saturated rings. The number of rotatable bonds is 0. The molecule has 0 aromatic rings. The quantitative estimate of drug-likeness (QED) is 0.613. The number of fused-ring (bicyclic) bond motifs is 1. The van der Waals surface area contributed by atoms with Gasteiger partial charge in [0, 0.05) is 11.4 Å². The number of hydrogen-bond acceptors (Lipinski definition) is 1. The predicted octanol–water partition coefficient (Wildman–Crippen LogP) is 2.44. The van der Waals surface area contributed by atoms with E-state index in [1.807, 2.05) is 6.92 Å². The molecule has 2 rings (SSSR count). The molecule has 10 heavy (non-hydrogen) atoms. The largest absolute Gasteiger partial charge is 0.300 e. The van der Waals surface area contributed by atoms with Gasteiger partial charge in [-0.2, -0.15) is 0 Å². The number of nitrogens with zero attached hydrogens (tertiary/aromatic N) is 1. The zero-order valence-electron chi connectivity index (χ0n) is 6.35. The van der Waals surface area contributed by atoms with Gasteiger partial charge in [-0.05, 0) is 25.9 Å². The second-order valence-electron chi connectivity index (χ2n) is 2.53. The van der Waals surface area contributed by atoms with Crippen LogP contribution in [0.3, 0.4) is 0 Å². The number of hydrogen-bond donors (Lipinski definition) is 0. The lowest BCUT2D eigenvalue weighted by atomic mass is 9.91. The fourth-order valence-electron chi connectivity index (χ4n) is 1.24. The van der Waals surface area contributed by atoms with Crippen LogP contribution < -0.4 is 0 Å². The Balaban J connectivity index is 0.000000183. The number of alkyl halides is 1. The van der Waals surface area contributed by atoms with Crippen LogP contribution >= 0.6 is 32.9 Å².